The molecule has 2 atom stereocenters. The standard InChI is InChI=1S/C14H25BN4O5/c1-9(15(22)23)6-10(2)18-11-7-12(17-8-11)14(21)16-5-4-13(20)19-24-3/h6,11-12,17-18,22-23H,1,4-5,7-8H2,2-3H3,(H,16,21)(H,19,20)/b10-6+/t11-,12?/m0/s1. The highest BCUT2D eigenvalue weighted by atomic mass is 16.6. The van der Waals surface area contributed by atoms with Crippen LogP contribution in [-0.4, -0.2) is 61.3 Å². The molecule has 0 radical (unpaired) electrons. The summed E-state index contributed by atoms with van der Waals surface area (Å²) in [7, 11) is -0.240. The van der Waals surface area contributed by atoms with Gasteiger partial charge in [0.25, 0.3) is 0 Å². The zero-order valence-corrected chi connectivity index (χ0v) is 14.0. The molecule has 9 nitrogen and oxygen atoms in total. The lowest BCUT2D eigenvalue weighted by molar-refractivity contribution is -0.131. The smallest absolute Gasteiger partial charge is 0.423 e. The van der Waals surface area contributed by atoms with Gasteiger partial charge in [0.1, 0.15) is 0 Å². The number of carbonyl (C=O) groups is 2. The van der Waals surface area contributed by atoms with Gasteiger partial charge in [-0.3, -0.25) is 14.4 Å². The minimum atomic E-state index is -1.59. The Morgan fingerprint density at radius 2 is 2.17 bits per heavy atom. The molecule has 134 valence electrons. The first-order chi connectivity index (χ1) is 11.3. The van der Waals surface area contributed by atoms with Crippen molar-refractivity contribution >= 4 is 18.9 Å². The van der Waals surface area contributed by atoms with Gasteiger partial charge in [0.05, 0.1) is 13.2 Å². The van der Waals surface area contributed by atoms with Gasteiger partial charge in [-0.05, 0) is 24.9 Å². The molecule has 0 bridgehead atoms. The highest BCUT2D eigenvalue weighted by molar-refractivity contribution is 6.51. The summed E-state index contributed by atoms with van der Waals surface area (Å²) < 4.78 is 0. The van der Waals surface area contributed by atoms with Crippen molar-refractivity contribution in [3.8, 4) is 0 Å². The predicted octanol–water partition coefficient (Wildman–Crippen LogP) is -2.04. The summed E-state index contributed by atoms with van der Waals surface area (Å²) >= 11 is 0. The van der Waals surface area contributed by atoms with Crippen LogP contribution < -0.4 is 21.4 Å². The van der Waals surface area contributed by atoms with Crippen LogP contribution in [0.5, 0.6) is 0 Å². The van der Waals surface area contributed by atoms with Crippen LogP contribution in [0.1, 0.15) is 19.8 Å². The Hall–Kier alpha value is -1.88. The van der Waals surface area contributed by atoms with Gasteiger partial charge in [0.15, 0.2) is 0 Å². The van der Waals surface area contributed by atoms with Gasteiger partial charge >= 0.3 is 7.12 Å². The van der Waals surface area contributed by atoms with Crippen LogP contribution >= 0.6 is 0 Å². The summed E-state index contributed by atoms with van der Waals surface area (Å²) in [6.45, 7) is 6.15. The fourth-order valence-corrected chi connectivity index (χ4v) is 2.35. The maximum Gasteiger partial charge on any atom is 0.487 e. The largest absolute Gasteiger partial charge is 0.487 e. The molecule has 24 heavy (non-hydrogen) atoms. The van der Waals surface area contributed by atoms with Crippen molar-refractivity contribution in [2.45, 2.75) is 31.8 Å². The fraction of sp³-hybridized carbons (Fsp3) is 0.571. The first kappa shape index (κ1) is 20.2. The second-order valence-corrected chi connectivity index (χ2v) is 5.58. The van der Waals surface area contributed by atoms with E-state index in [4.69, 9.17) is 10.0 Å². The third-order valence-electron chi connectivity index (χ3n) is 3.48. The van der Waals surface area contributed by atoms with E-state index in [0.717, 1.165) is 5.70 Å². The summed E-state index contributed by atoms with van der Waals surface area (Å²) in [6.07, 6.45) is 2.27. The molecule has 1 rings (SSSR count). The SMILES string of the molecule is C=C(/C=C(\C)N[C@@H]1CNC(C(=O)NCCC(=O)NOC)C1)B(O)O. The van der Waals surface area contributed by atoms with E-state index in [-0.39, 0.29) is 42.3 Å². The van der Waals surface area contributed by atoms with Crippen LogP contribution in [0.2, 0.25) is 0 Å². The van der Waals surface area contributed by atoms with Crippen molar-refractivity contribution in [3.63, 3.8) is 0 Å². The second kappa shape index (κ2) is 10.1. The zero-order chi connectivity index (χ0) is 18.1. The molecule has 1 heterocycles. The van der Waals surface area contributed by atoms with Crippen molar-refractivity contribution < 1.29 is 24.5 Å². The first-order valence-corrected chi connectivity index (χ1v) is 7.66. The molecule has 0 spiro atoms. The molecule has 0 aromatic heterocycles. The fourth-order valence-electron chi connectivity index (χ4n) is 2.35. The van der Waals surface area contributed by atoms with E-state index >= 15 is 0 Å². The summed E-state index contributed by atoms with van der Waals surface area (Å²) in [5, 5.41) is 27.0. The molecule has 0 aliphatic carbocycles. The maximum atomic E-state index is 12.0. The van der Waals surface area contributed by atoms with E-state index < -0.39 is 7.12 Å². The first-order valence-electron chi connectivity index (χ1n) is 7.66. The molecule has 1 unspecified atom stereocenters. The van der Waals surface area contributed by atoms with E-state index in [1.165, 1.54) is 7.11 Å². The lowest BCUT2D eigenvalue weighted by Gasteiger charge is -2.14. The maximum absolute atomic E-state index is 12.0. The van der Waals surface area contributed by atoms with Gasteiger partial charge in [-0.25, -0.2) is 5.48 Å². The minimum absolute atomic E-state index is 0.0393. The molecular weight excluding hydrogens is 315 g/mol. The molecule has 1 fully saturated rings. The van der Waals surface area contributed by atoms with Crippen LogP contribution in [0.25, 0.3) is 0 Å². The number of hydrogen-bond acceptors (Lipinski definition) is 7. The summed E-state index contributed by atoms with van der Waals surface area (Å²) in [4.78, 5) is 27.7. The Kier molecular flexibility index (Phi) is 8.48. The van der Waals surface area contributed by atoms with E-state index in [9.17, 15) is 9.59 Å². The highest BCUT2D eigenvalue weighted by Gasteiger charge is 2.29. The van der Waals surface area contributed by atoms with E-state index in [1.807, 2.05) is 0 Å². The van der Waals surface area contributed by atoms with E-state index in [0.29, 0.717) is 13.0 Å². The summed E-state index contributed by atoms with van der Waals surface area (Å²) in [6, 6.07) is -0.301. The lowest BCUT2D eigenvalue weighted by atomic mass is 9.80. The zero-order valence-electron chi connectivity index (χ0n) is 14.0. The van der Waals surface area contributed by atoms with Gasteiger partial charge in [0, 0.05) is 31.2 Å². The van der Waals surface area contributed by atoms with Crippen molar-refractivity contribution in [2.24, 2.45) is 0 Å². The van der Waals surface area contributed by atoms with Gasteiger partial charge in [-0.2, -0.15) is 0 Å². The van der Waals surface area contributed by atoms with Crippen molar-refractivity contribution in [1.82, 2.24) is 21.4 Å². The van der Waals surface area contributed by atoms with Gasteiger partial charge in [-0.1, -0.05) is 6.58 Å². The number of hydroxylamine groups is 1. The van der Waals surface area contributed by atoms with Crippen LogP contribution in [0, 0.1) is 0 Å². The normalized spacial score (nSPS) is 20.4. The number of allylic oxidation sites excluding steroid dienone is 3. The molecule has 0 saturated carbocycles. The van der Waals surface area contributed by atoms with E-state index in [1.54, 1.807) is 13.0 Å². The third-order valence-corrected chi connectivity index (χ3v) is 3.48. The van der Waals surface area contributed by atoms with Gasteiger partial charge < -0.3 is 26.0 Å². The molecular formula is C14H25BN4O5. The predicted molar refractivity (Wildman–Crippen MR) is 89.2 cm³/mol. The Bertz CT molecular complexity index is 498. The van der Waals surface area contributed by atoms with Gasteiger partial charge in [-0.15, -0.1) is 0 Å². The third kappa shape index (κ3) is 7.13. The molecule has 6 N–H and O–H groups in total. The minimum Gasteiger partial charge on any atom is -0.423 e. The van der Waals surface area contributed by atoms with Crippen LogP contribution in [0.4, 0.5) is 0 Å². The molecule has 0 aromatic carbocycles. The van der Waals surface area contributed by atoms with Crippen LogP contribution in [0.15, 0.2) is 23.8 Å². The van der Waals surface area contributed by atoms with Crippen LogP contribution in [0.3, 0.4) is 0 Å². The quantitative estimate of drug-likeness (QED) is 0.162. The van der Waals surface area contributed by atoms with Gasteiger partial charge in [0.2, 0.25) is 11.8 Å². The molecule has 1 saturated heterocycles. The number of hydrogen-bond donors (Lipinski definition) is 6. The molecule has 1 aliphatic heterocycles. The van der Waals surface area contributed by atoms with Crippen LogP contribution in [-0.2, 0) is 14.4 Å². The Labute approximate surface area is 141 Å². The molecule has 10 heteroatoms. The summed E-state index contributed by atoms with van der Waals surface area (Å²) in [5.41, 5.74) is 3.10. The lowest BCUT2D eigenvalue weighted by Crippen LogP contribution is -2.41. The number of rotatable bonds is 9. The second-order valence-electron chi connectivity index (χ2n) is 5.58. The molecule has 1 aliphatic rings. The molecule has 2 amide bonds. The Morgan fingerprint density at radius 1 is 1.46 bits per heavy atom. The highest BCUT2D eigenvalue weighted by Crippen LogP contribution is 2.09. The number of nitrogens with one attached hydrogen (secondary N) is 4. The Morgan fingerprint density at radius 3 is 2.79 bits per heavy atom. The average molecular weight is 340 g/mol. The van der Waals surface area contributed by atoms with Crippen molar-refractivity contribution in [3.05, 3.63) is 23.8 Å². The topological polar surface area (TPSA) is 132 Å². The average Bonchev–Trinajstić information content (AvgIpc) is 2.95. The Balaban J connectivity index is 2.33. The monoisotopic (exact) mass is 340 g/mol. The summed E-state index contributed by atoms with van der Waals surface area (Å²) in [5.74, 6) is -0.467. The van der Waals surface area contributed by atoms with Crippen molar-refractivity contribution in [1.29, 1.82) is 0 Å². The number of amides is 2. The van der Waals surface area contributed by atoms with E-state index in [2.05, 4.69) is 32.8 Å². The number of carbonyl (C=O) groups excluding carboxylic acids is 2. The molecule has 0 aromatic rings. The van der Waals surface area contributed by atoms with Crippen molar-refractivity contribution in [2.75, 3.05) is 20.2 Å².